The van der Waals surface area contributed by atoms with E-state index in [1.54, 1.807) is 0 Å². The third-order valence-corrected chi connectivity index (χ3v) is 4.54. The molecule has 0 unspecified atom stereocenters. The first kappa shape index (κ1) is 15.5. The van der Waals surface area contributed by atoms with E-state index in [1.165, 1.54) is 5.56 Å². The van der Waals surface area contributed by atoms with Crippen LogP contribution in [0.1, 0.15) is 44.6 Å². The molecule has 0 aliphatic carbocycles. The summed E-state index contributed by atoms with van der Waals surface area (Å²) in [5, 5.41) is 0.841. The molecule has 3 heteroatoms. The Kier molecular flexibility index (Phi) is 6.06. The monoisotopic (exact) mass is 293 g/mol. The number of nitrogens with zero attached hydrogens (tertiary/aromatic N) is 1. The molecular weight excluding hydrogens is 270 g/mol. The fraction of sp³-hybridized carbons (Fsp3) is 0.588. The molecule has 110 valence electrons. The van der Waals surface area contributed by atoms with Crippen LogP contribution >= 0.6 is 11.6 Å². The van der Waals surface area contributed by atoms with Gasteiger partial charge in [-0.25, -0.2) is 0 Å². The Hall–Kier alpha value is -0.860. The first-order chi connectivity index (χ1) is 9.70. The van der Waals surface area contributed by atoms with E-state index in [9.17, 15) is 4.79 Å². The molecule has 0 atom stereocenters. The van der Waals surface area contributed by atoms with Crippen LogP contribution in [0.15, 0.2) is 24.3 Å². The number of rotatable bonds is 6. The van der Waals surface area contributed by atoms with Gasteiger partial charge in [-0.3, -0.25) is 9.69 Å². The van der Waals surface area contributed by atoms with Crippen molar-refractivity contribution in [2.24, 2.45) is 5.92 Å². The summed E-state index contributed by atoms with van der Waals surface area (Å²) in [6.45, 7) is 5.05. The lowest BCUT2D eigenvalue weighted by Gasteiger charge is -2.31. The van der Waals surface area contributed by atoms with Crippen LogP contribution < -0.4 is 0 Å². The first-order valence-electron chi connectivity index (χ1n) is 7.69. The van der Waals surface area contributed by atoms with Crippen LogP contribution in [0.2, 0.25) is 5.02 Å². The highest BCUT2D eigenvalue weighted by atomic mass is 35.5. The summed E-state index contributed by atoms with van der Waals surface area (Å²) in [7, 11) is 0. The molecule has 20 heavy (non-hydrogen) atoms. The summed E-state index contributed by atoms with van der Waals surface area (Å²) in [6, 6.07) is 8.02. The number of halogens is 1. The third-order valence-electron chi connectivity index (χ3n) is 4.17. The molecule has 1 aliphatic heterocycles. The molecule has 2 nitrogen and oxygen atoms in total. The van der Waals surface area contributed by atoms with Crippen LogP contribution in [0.25, 0.3) is 0 Å². The number of likely N-dealkylation sites (tertiary alicyclic amines) is 1. The van der Waals surface area contributed by atoms with Gasteiger partial charge in [-0.1, -0.05) is 43.1 Å². The maximum Gasteiger partial charge on any atom is 0.136 e. The Labute approximate surface area is 127 Å². The number of benzene rings is 1. The summed E-state index contributed by atoms with van der Waals surface area (Å²) in [5.74, 6) is 0.772. The smallest absolute Gasteiger partial charge is 0.136 e. The van der Waals surface area contributed by atoms with Gasteiger partial charge in [0.05, 0.1) is 0 Å². The van der Waals surface area contributed by atoms with Gasteiger partial charge in [-0.2, -0.15) is 0 Å². The Morgan fingerprint density at radius 1 is 1.30 bits per heavy atom. The van der Waals surface area contributed by atoms with Crippen molar-refractivity contribution in [3.8, 4) is 0 Å². The Morgan fingerprint density at radius 3 is 2.65 bits per heavy atom. The van der Waals surface area contributed by atoms with Gasteiger partial charge in [-0.05, 0) is 44.0 Å². The van der Waals surface area contributed by atoms with Gasteiger partial charge in [-0.15, -0.1) is 0 Å². The minimum atomic E-state index is 0.295. The standard InChI is InChI=1S/C17H24ClNO/c1-2-3-8-17(20)14-9-11-19(12-10-14)13-15-6-4-5-7-16(15)18/h4-7,14H,2-3,8-13H2,1H3. The highest BCUT2D eigenvalue weighted by molar-refractivity contribution is 6.31. The summed E-state index contributed by atoms with van der Waals surface area (Å²) in [4.78, 5) is 14.4. The molecule has 0 saturated carbocycles. The Balaban J connectivity index is 1.80. The quantitative estimate of drug-likeness (QED) is 0.779. The predicted octanol–water partition coefficient (Wildman–Crippen LogP) is 4.31. The Morgan fingerprint density at radius 2 is 2.00 bits per heavy atom. The van der Waals surface area contributed by atoms with E-state index in [2.05, 4.69) is 17.9 Å². The largest absolute Gasteiger partial charge is 0.299 e. The Bertz CT molecular complexity index is 438. The lowest BCUT2D eigenvalue weighted by atomic mass is 9.90. The van der Waals surface area contributed by atoms with E-state index in [0.29, 0.717) is 11.7 Å². The fourth-order valence-corrected chi connectivity index (χ4v) is 3.03. The van der Waals surface area contributed by atoms with Crippen molar-refractivity contribution in [1.82, 2.24) is 4.90 Å². The number of carbonyl (C=O) groups is 1. The maximum atomic E-state index is 12.0. The van der Waals surface area contributed by atoms with Crippen LogP contribution in [0, 0.1) is 5.92 Å². The highest BCUT2D eigenvalue weighted by Crippen LogP contribution is 2.23. The number of unbranched alkanes of at least 4 members (excludes halogenated alkanes) is 1. The van der Waals surface area contributed by atoms with E-state index in [-0.39, 0.29) is 0 Å². The van der Waals surface area contributed by atoms with E-state index in [1.807, 2.05) is 18.2 Å². The molecule has 2 rings (SSSR count). The molecule has 0 radical (unpaired) electrons. The normalized spacial score (nSPS) is 17.3. The molecule has 1 aliphatic rings. The van der Waals surface area contributed by atoms with Gasteiger partial charge in [0.15, 0.2) is 0 Å². The molecular formula is C17H24ClNO. The zero-order chi connectivity index (χ0) is 14.4. The lowest BCUT2D eigenvalue weighted by Crippen LogP contribution is -2.35. The van der Waals surface area contributed by atoms with Gasteiger partial charge < -0.3 is 0 Å². The number of carbonyl (C=O) groups excluding carboxylic acids is 1. The summed E-state index contributed by atoms with van der Waals surface area (Å²) in [5.41, 5.74) is 1.19. The molecule has 0 amide bonds. The molecule has 1 aromatic carbocycles. The van der Waals surface area contributed by atoms with Gasteiger partial charge in [0.1, 0.15) is 5.78 Å². The van der Waals surface area contributed by atoms with Crippen molar-refractivity contribution in [3.63, 3.8) is 0 Å². The van der Waals surface area contributed by atoms with Crippen LogP contribution in [-0.4, -0.2) is 23.8 Å². The van der Waals surface area contributed by atoms with Crippen molar-refractivity contribution < 1.29 is 4.79 Å². The maximum absolute atomic E-state index is 12.0. The van der Waals surface area contributed by atoms with Crippen molar-refractivity contribution >= 4 is 17.4 Å². The van der Waals surface area contributed by atoms with Crippen molar-refractivity contribution in [1.29, 1.82) is 0 Å². The molecule has 1 fully saturated rings. The molecule has 0 bridgehead atoms. The molecule has 0 N–H and O–H groups in total. The lowest BCUT2D eigenvalue weighted by molar-refractivity contribution is -0.124. The first-order valence-corrected chi connectivity index (χ1v) is 8.07. The number of hydrogen-bond donors (Lipinski definition) is 0. The molecule has 1 heterocycles. The zero-order valence-corrected chi connectivity index (χ0v) is 13.0. The fourth-order valence-electron chi connectivity index (χ4n) is 2.84. The van der Waals surface area contributed by atoms with E-state index >= 15 is 0 Å². The molecule has 0 aromatic heterocycles. The van der Waals surface area contributed by atoms with Gasteiger partial charge in [0.2, 0.25) is 0 Å². The average Bonchev–Trinajstić information content (AvgIpc) is 2.48. The van der Waals surface area contributed by atoms with Crippen LogP contribution in [0.5, 0.6) is 0 Å². The SMILES string of the molecule is CCCCC(=O)C1CCN(Cc2ccccc2Cl)CC1. The van der Waals surface area contributed by atoms with E-state index in [4.69, 9.17) is 11.6 Å². The number of hydrogen-bond acceptors (Lipinski definition) is 2. The van der Waals surface area contributed by atoms with Crippen molar-refractivity contribution in [2.75, 3.05) is 13.1 Å². The number of ketones is 1. The zero-order valence-electron chi connectivity index (χ0n) is 12.3. The summed E-state index contributed by atoms with van der Waals surface area (Å²) in [6.07, 6.45) is 4.93. The summed E-state index contributed by atoms with van der Waals surface area (Å²) < 4.78 is 0. The molecule has 1 saturated heterocycles. The average molecular weight is 294 g/mol. The van der Waals surface area contributed by atoms with Crippen LogP contribution in [0.4, 0.5) is 0 Å². The van der Waals surface area contributed by atoms with Crippen molar-refractivity contribution in [2.45, 2.75) is 45.6 Å². The minimum Gasteiger partial charge on any atom is -0.299 e. The van der Waals surface area contributed by atoms with Gasteiger partial charge in [0.25, 0.3) is 0 Å². The van der Waals surface area contributed by atoms with E-state index in [0.717, 1.165) is 56.8 Å². The predicted molar refractivity (Wildman–Crippen MR) is 84.0 cm³/mol. The van der Waals surface area contributed by atoms with E-state index < -0.39 is 0 Å². The summed E-state index contributed by atoms with van der Waals surface area (Å²) >= 11 is 6.20. The third kappa shape index (κ3) is 4.32. The molecule has 1 aromatic rings. The van der Waals surface area contributed by atoms with Gasteiger partial charge in [0, 0.05) is 23.9 Å². The second-order valence-corrected chi connectivity index (χ2v) is 6.12. The van der Waals surface area contributed by atoms with Crippen LogP contribution in [0.3, 0.4) is 0 Å². The number of piperidine rings is 1. The second-order valence-electron chi connectivity index (χ2n) is 5.71. The van der Waals surface area contributed by atoms with Crippen LogP contribution in [-0.2, 0) is 11.3 Å². The van der Waals surface area contributed by atoms with Crippen molar-refractivity contribution in [3.05, 3.63) is 34.9 Å². The number of Topliss-reactive ketones (excluding diaryl/α,β-unsaturated/α-hetero) is 1. The minimum absolute atomic E-state index is 0.295. The highest BCUT2D eigenvalue weighted by Gasteiger charge is 2.24. The topological polar surface area (TPSA) is 20.3 Å². The second kappa shape index (κ2) is 7.80. The molecule has 0 spiro atoms. The van der Waals surface area contributed by atoms with Gasteiger partial charge >= 0.3 is 0 Å².